The fraction of sp³-hybridized carbons (Fsp3) is 0.393. The van der Waals surface area contributed by atoms with E-state index in [-0.39, 0.29) is 11.8 Å². The van der Waals surface area contributed by atoms with Gasteiger partial charge < -0.3 is 14.5 Å². The number of carbonyl (C=O) groups is 1. The Morgan fingerprint density at radius 2 is 1.74 bits per heavy atom. The van der Waals surface area contributed by atoms with Crippen LogP contribution in [0, 0.1) is 5.92 Å². The van der Waals surface area contributed by atoms with E-state index in [4.69, 9.17) is 14.7 Å². The van der Waals surface area contributed by atoms with Crippen LogP contribution in [0.25, 0.3) is 11.4 Å². The van der Waals surface area contributed by atoms with Crippen LogP contribution in [0.4, 0.5) is 5.82 Å². The van der Waals surface area contributed by atoms with Gasteiger partial charge in [0.2, 0.25) is 5.91 Å². The minimum absolute atomic E-state index is 0.0191. The highest BCUT2D eigenvalue weighted by Gasteiger charge is 2.26. The normalized spacial score (nSPS) is 13.9. The largest absolute Gasteiger partial charge is 0.497 e. The summed E-state index contributed by atoms with van der Waals surface area (Å²) in [5.74, 6) is 2.82. The van der Waals surface area contributed by atoms with Gasteiger partial charge in [0, 0.05) is 55.3 Å². The zero-order chi connectivity index (χ0) is 24.1. The number of piperazine rings is 1. The summed E-state index contributed by atoms with van der Waals surface area (Å²) < 4.78 is 5.45. The summed E-state index contributed by atoms with van der Waals surface area (Å²) >= 11 is 0. The van der Waals surface area contributed by atoms with Gasteiger partial charge in [-0.05, 0) is 24.1 Å². The molecule has 6 nitrogen and oxygen atoms in total. The summed E-state index contributed by atoms with van der Waals surface area (Å²) in [6.45, 7) is 9.02. The summed E-state index contributed by atoms with van der Waals surface area (Å²) in [5, 5.41) is 0. The number of carbonyl (C=O) groups excluding carboxylic acids is 1. The van der Waals surface area contributed by atoms with Crippen molar-refractivity contribution in [3.8, 4) is 17.1 Å². The van der Waals surface area contributed by atoms with Crippen LogP contribution in [0.15, 0.2) is 54.6 Å². The third-order valence-electron chi connectivity index (χ3n) is 6.34. The van der Waals surface area contributed by atoms with Gasteiger partial charge in [-0.3, -0.25) is 4.79 Å². The van der Waals surface area contributed by atoms with E-state index in [2.05, 4.69) is 36.1 Å². The summed E-state index contributed by atoms with van der Waals surface area (Å²) in [6, 6.07) is 18.3. The Bertz CT molecular complexity index is 1120. The highest BCUT2D eigenvalue weighted by Crippen LogP contribution is 2.30. The molecule has 0 bridgehead atoms. The Balaban J connectivity index is 1.73. The van der Waals surface area contributed by atoms with Crippen molar-refractivity contribution in [3.05, 3.63) is 71.4 Å². The van der Waals surface area contributed by atoms with E-state index in [1.807, 2.05) is 49.1 Å². The number of nitrogens with zero attached hydrogens (tertiary/aromatic N) is 4. The number of rotatable bonds is 7. The molecule has 0 spiro atoms. The van der Waals surface area contributed by atoms with Gasteiger partial charge in [-0.1, -0.05) is 63.2 Å². The molecule has 1 aliphatic rings. The molecule has 0 radical (unpaired) electrons. The molecular formula is C28H34N4O2. The van der Waals surface area contributed by atoms with Crippen molar-refractivity contribution in [1.82, 2.24) is 14.9 Å². The number of hydrogen-bond acceptors (Lipinski definition) is 5. The second-order valence-electron chi connectivity index (χ2n) is 9.01. The number of amides is 1. The van der Waals surface area contributed by atoms with Crippen LogP contribution in [-0.4, -0.2) is 54.1 Å². The van der Waals surface area contributed by atoms with Crippen molar-refractivity contribution in [2.24, 2.45) is 5.92 Å². The number of methoxy groups -OCH3 is 1. The fourth-order valence-corrected chi connectivity index (χ4v) is 4.46. The Morgan fingerprint density at radius 1 is 1.00 bits per heavy atom. The van der Waals surface area contributed by atoms with Crippen LogP contribution in [0.2, 0.25) is 0 Å². The first kappa shape index (κ1) is 23.7. The van der Waals surface area contributed by atoms with Gasteiger partial charge in [0.15, 0.2) is 5.82 Å². The van der Waals surface area contributed by atoms with Crippen LogP contribution < -0.4 is 9.64 Å². The summed E-state index contributed by atoms with van der Waals surface area (Å²) in [7, 11) is 1.69. The van der Waals surface area contributed by atoms with Crippen molar-refractivity contribution < 1.29 is 9.53 Å². The minimum Gasteiger partial charge on any atom is -0.497 e. The van der Waals surface area contributed by atoms with Crippen molar-refractivity contribution in [1.29, 1.82) is 0 Å². The zero-order valence-corrected chi connectivity index (χ0v) is 20.6. The zero-order valence-electron chi connectivity index (χ0n) is 20.6. The monoisotopic (exact) mass is 458 g/mol. The van der Waals surface area contributed by atoms with Crippen LogP contribution in [-0.2, 0) is 17.6 Å². The molecule has 1 amide bonds. The predicted octanol–water partition coefficient (Wildman–Crippen LogP) is 4.61. The molecule has 3 aromatic rings. The minimum atomic E-state index is 0.0191. The van der Waals surface area contributed by atoms with Crippen molar-refractivity contribution in [3.63, 3.8) is 0 Å². The molecule has 4 rings (SSSR count). The average molecular weight is 459 g/mol. The van der Waals surface area contributed by atoms with Crippen LogP contribution >= 0.6 is 0 Å². The number of anilines is 1. The van der Waals surface area contributed by atoms with Crippen LogP contribution in [0.3, 0.4) is 0 Å². The molecule has 178 valence electrons. The van der Waals surface area contributed by atoms with E-state index in [1.165, 1.54) is 5.56 Å². The van der Waals surface area contributed by atoms with E-state index < -0.39 is 0 Å². The molecule has 0 saturated carbocycles. The van der Waals surface area contributed by atoms with Gasteiger partial charge in [-0.25, -0.2) is 9.97 Å². The molecule has 1 saturated heterocycles. The second-order valence-corrected chi connectivity index (χ2v) is 9.01. The summed E-state index contributed by atoms with van der Waals surface area (Å²) in [6.07, 6.45) is 1.55. The predicted molar refractivity (Wildman–Crippen MR) is 136 cm³/mol. The Morgan fingerprint density at radius 3 is 2.38 bits per heavy atom. The highest BCUT2D eigenvalue weighted by atomic mass is 16.5. The summed E-state index contributed by atoms with van der Waals surface area (Å²) in [5.41, 5.74) is 4.39. The topological polar surface area (TPSA) is 58.6 Å². The number of benzene rings is 2. The standard InChI is InChI=1S/C28H34N4O2/c1-5-25-24(19-21-10-9-13-23(18-21)34-4)27(30-26(29-25)22-11-7-6-8-12-22)31-14-16-32(17-15-31)28(33)20(2)3/h6-13,18,20H,5,14-17,19H2,1-4H3. The molecule has 0 atom stereocenters. The van der Waals surface area contributed by atoms with Gasteiger partial charge in [0.1, 0.15) is 11.6 Å². The molecule has 34 heavy (non-hydrogen) atoms. The highest BCUT2D eigenvalue weighted by molar-refractivity contribution is 5.78. The summed E-state index contributed by atoms with van der Waals surface area (Å²) in [4.78, 5) is 26.9. The maximum Gasteiger partial charge on any atom is 0.225 e. The molecule has 1 aromatic heterocycles. The molecule has 1 aliphatic heterocycles. The van der Waals surface area contributed by atoms with E-state index >= 15 is 0 Å². The quantitative estimate of drug-likeness (QED) is 0.518. The first-order chi connectivity index (χ1) is 16.5. The van der Waals surface area contributed by atoms with E-state index in [1.54, 1.807) is 7.11 Å². The SMILES string of the molecule is CCc1nc(-c2ccccc2)nc(N2CCN(C(=O)C(C)C)CC2)c1Cc1cccc(OC)c1. The maximum atomic E-state index is 12.5. The van der Waals surface area contributed by atoms with Crippen molar-refractivity contribution in [2.45, 2.75) is 33.6 Å². The Hall–Kier alpha value is -3.41. The molecule has 6 heteroatoms. The number of ether oxygens (including phenoxy) is 1. The van der Waals surface area contributed by atoms with Gasteiger partial charge in [-0.2, -0.15) is 0 Å². The first-order valence-electron chi connectivity index (χ1n) is 12.1. The maximum absolute atomic E-state index is 12.5. The lowest BCUT2D eigenvalue weighted by atomic mass is 10.0. The third kappa shape index (κ3) is 5.22. The van der Waals surface area contributed by atoms with Crippen molar-refractivity contribution >= 4 is 11.7 Å². The van der Waals surface area contributed by atoms with E-state index in [0.717, 1.165) is 60.1 Å². The van der Waals surface area contributed by atoms with Crippen LogP contribution in [0.5, 0.6) is 5.75 Å². The Labute approximate surface area is 202 Å². The number of hydrogen-bond donors (Lipinski definition) is 0. The number of aryl methyl sites for hydroxylation is 1. The lowest BCUT2D eigenvalue weighted by Crippen LogP contribution is -2.50. The van der Waals surface area contributed by atoms with E-state index in [9.17, 15) is 4.79 Å². The lowest BCUT2D eigenvalue weighted by molar-refractivity contribution is -0.134. The second kappa shape index (κ2) is 10.7. The molecule has 0 unspecified atom stereocenters. The van der Waals surface area contributed by atoms with Crippen molar-refractivity contribution in [2.75, 3.05) is 38.2 Å². The molecule has 0 aliphatic carbocycles. The molecule has 0 N–H and O–H groups in total. The molecule has 1 fully saturated rings. The van der Waals surface area contributed by atoms with Gasteiger partial charge in [0.05, 0.1) is 7.11 Å². The molecule has 2 aromatic carbocycles. The lowest BCUT2D eigenvalue weighted by Gasteiger charge is -2.37. The molecule has 2 heterocycles. The molecular weight excluding hydrogens is 424 g/mol. The fourth-order valence-electron chi connectivity index (χ4n) is 4.46. The van der Waals surface area contributed by atoms with Gasteiger partial charge in [0.25, 0.3) is 0 Å². The first-order valence-corrected chi connectivity index (χ1v) is 12.1. The number of aromatic nitrogens is 2. The van der Waals surface area contributed by atoms with Gasteiger partial charge in [-0.15, -0.1) is 0 Å². The van der Waals surface area contributed by atoms with E-state index in [0.29, 0.717) is 13.1 Å². The average Bonchev–Trinajstić information content (AvgIpc) is 2.89. The third-order valence-corrected chi connectivity index (χ3v) is 6.34. The smallest absolute Gasteiger partial charge is 0.225 e. The van der Waals surface area contributed by atoms with Crippen LogP contribution in [0.1, 0.15) is 37.6 Å². The van der Waals surface area contributed by atoms with Gasteiger partial charge >= 0.3 is 0 Å². The Kier molecular flexibility index (Phi) is 7.46.